The van der Waals surface area contributed by atoms with Crippen molar-refractivity contribution in [2.75, 3.05) is 31.4 Å². The maximum absolute atomic E-state index is 5.87. The summed E-state index contributed by atoms with van der Waals surface area (Å²) in [6.07, 6.45) is 0. The molecule has 1 aromatic carbocycles. The van der Waals surface area contributed by atoms with Gasteiger partial charge in [0.2, 0.25) is 17.2 Å². The van der Waals surface area contributed by atoms with E-state index in [-0.39, 0.29) is 5.28 Å². The van der Waals surface area contributed by atoms with Crippen LogP contribution in [-0.4, -0.2) is 36.2 Å². The fourth-order valence-electron chi connectivity index (χ4n) is 1.74. The molecule has 0 fully saturated rings. The van der Waals surface area contributed by atoms with Crippen molar-refractivity contribution in [3.05, 3.63) is 35.1 Å². The van der Waals surface area contributed by atoms with Crippen molar-refractivity contribution in [1.29, 1.82) is 0 Å². The average molecular weight is 294 g/mol. The van der Waals surface area contributed by atoms with Gasteiger partial charge in [0.25, 0.3) is 0 Å². The zero-order valence-electron chi connectivity index (χ0n) is 11.6. The number of ether oxygens (including phenoxy) is 1. The third-order valence-corrected chi connectivity index (χ3v) is 2.88. The molecule has 0 unspecified atom stereocenters. The topological polar surface area (TPSA) is 63.2 Å². The number of methoxy groups -OCH3 is 1. The first-order valence-corrected chi connectivity index (χ1v) is 6.43. The van der Waals surface area contributed by atoms with Crippen molar-refractivity contribution in [1.82, 2.24) is 15.0 Å². The van der Waals surface area contributed by atoms with Crippen molar-refractivity contribution in [2.45, 2.75) is 6.54 Å². The number of aromatic nitrogens is 3. The van der Waals surface area contributed by atoms with E-state index in [2.05, 4.69) is 20.3 Å². The molecule has 1 heterocycles. The standard InChI is InChI=1S/C13H16ClN5O/c1-15-12-16-11(14)17-13(18-12)19(2)8-9-5-4-6-10(7-9)20-3/h4-7H,8H2,1-3H3,(H,15,16,17,18). The van der Waals surface area contributed by atoms with Gasteiger partial charge in [-0.3, -0.25) is 0 Å². The van der Waals surface area contributed by atoms with E-state index in [9.17, 15) is 0 Å². The fourth-order valence-corrected chi connectivity index (χ4v) is 1.89. The molecule has 1 N–H and O–H groups in total. The van der Waals surface area contributed by atoms with Crippen LogP contribution in [0.2, 0.25) is 5.28 Å². The number of halogens is 1. The van der Waals surface area contributed by atoms with Crippen molar-refractivity contribution >= 4 is 23.5 Å². The lowest BCUT2D eigenvalue weighted by Gasteiger charge is -2.17. The van der Waals surface area contributed by atoms with Crippen LogP contribution in [0.15, 0.2) is 24.3 Å². The Balaban J connectivity index is 2.18. The first-order chi connectivity index (χ1) is 9.62. The van der Waals surface area contributed by atoms with Crippen molar-refractivity contribution in [3.63, 3.8) is 0 Å². The third kappa shape index (κ3) is 3.48. The van der Waals surface area contributed by atoms with Gasteiger partial charge < -0.3 is 15.0 Å². The van der Waals surface area contributed by atoms with Gasteiger partial charge in [-0.25, -0.2) is 0 Å². The Labute approximate surface area is 122 Å². The Morgan fingerprint density at radius 3 is 2.80 bits per heavy atom. The van der Waals surface area contributed by atoms with Crippen molar-refractivity contribution in [2.24, 2.45) is 0 Å². The lowest BCUT2D eigenvalue weighted by atomic mass is 10.2. The molecule has 1 aromatic heterocycles. The molecule has 20 heavy (non-hydrogen) atoms. The zero-order chi connectivity index (χ0) is 14.5. The van der Waals surface area contributed by atoms with E-state index < -0.39 is 0 Å². The number of rotatable bonds is 5. The molecule has 0 bridgehead atoms. The maximum atomic E-state index is 5.87. The van der Waals surface area contributed by atoms with Gasteiger partial charge in [-0.05, 0) is 29.3 Å². The Morgan fingerprint density at radius 2 is 2.10 bits per heavy atom. The molecule has 0 amide bonds. The first kappa shape index (κ1) is 14.3. The molecule has 0 aliphatic rings. The molecule has 0 saturated heterocycles. The molecule has 0 aliphatic carbocycles. The van der Waals surface area contributed by atoms with E-state index in [0.29, 0.717) is 18.4 Å². The van der Waals surface area contributed by atoms with Gasteiger partial charge in [-0.15, -0.1) is 0 Å². The molecular formula is C13H16ClN5O. The van der Waals surface area contributed by atoms with Gasteiger partial charge in [0.05, 0.1) is 7.11 Å². The van der Waals surface area contributed by atoms with Crippen LogP contribution in [0.3, 0.4) is 0 Å². The van der Waals surface area contributed by atoms with Crippen LogP contribution >= 0.6 is 11.6 Å². The minimum atomic E-state index is 0.164. The lowest BCUT2D eigenvalue weighted by Crippen LogP contribution is -2.20. The Hall–Kier alpha value is -2.08. The monoisotopic (exact) mass is 293 g/mol. The van der Waals surface area contributed by atoms with Crippen LogP contribution in [0.25, 0.3) is 0 Å². The van der Waals surface area contributed by atoms with Gasteiger partial charge in [-0.2, -0.15) is 15.0 Å². The highest BCUT2D eigenvalue weighted by atomic mass is 35.5. The number of nitrogens with zero attached hydrogens (tertiary/aromatic N) is 4. The summed E-state index contributed by atoms with van der Waals surface area (Å²) in [7, 11) is 5.27. The summed E-state index contributed by atoms with van der Waals surface area (Å²) in [4.78, 5) is 14.2. The highest BCUT2D eigenvalue weighted by Gasteiger charge is 2.09. The summed E-state index contributed by atoms with van der Waals surface area (Å²) in [5, 5.41) is 3.02. The van der Waals surface area contributed by atoms with E-state index >= 15 is 0 Å². The number of anilines is 2. The highest BCUT2D eigenvalue weighted by molar-refractivity contribution is 6.28. The summed E-state index contributed by atoms with van der Waals surface area (Å²) in [6.45, 7) is 0.640. The predicted molar refractivity (Wildman–Crippen MR) is 79.5 cm³/mol. The second-order valence-electron chi connectivity index (χ2n) is 4.19. The van der Waals surface area contributed by atoms with Gasteiger partial charge in [0.1, 0.15) is 5.75 Å². The molecule has 0 atom stereocenters. The van der Waals surface area contributed by atoms with E-state index in [0.717, 1.165) is 11.3 Å². The number of nitrogens with one attached hydrogen (secondary N) is 1. The molecular weight excluding hydrogens is 278 g/mol. The van der Waals surface area contributed by atoms with Crippen molar-refractivity contribution < 1.29 is 4.74 Å². The number of benzene rings is 1. The van der Waals surface area contributed by atoms with E-state index in [1.807, 2.05) is 36.2 Å². The fraction of sp³-hybridized carbons (Fsp3) is 0.308. The van der Waals surface area contributed by atoms with E-state index in [1.54, 1.807) is 14.2 Å². The molecule has 2 rings (SSSR count). The minimum Gasteiger partial charge on any atom is -0.497 e. The molecule has 7 heteroatoms. The third-order valence-electron chi connectivity index (χ3n) is 2.72. The van der Waals surface area contributed by atoms with Crippen LogP contribution in [0, 0.1) is 0 Å². The van der Waals surface area contributed by atoms with Crippen LogP contribution in [0.1, 0.15) is 5.56 Å². The second kappa shape index (κ2) is 6.38. The van der Waals surface area contributed by atoms with Gasteiger partial charge in [-0.1, -0.05) is 12.1 Å². The van der Waals surface area contributed by atoms with Gasteiger partial charge >= 0.3 is 0 Å². The lowest BCUT2D eigenvalue weighted by molar-refractivity contribution is 0.414. The van der Waals surface area contributed by atoms with Crippen LogP contribution in [0.5, 0.6) is 5.75 Å². The smallest absolute Gasteiger partial charge is 0.231 e. The number of hydrogen-bond acceptors (Lipinski definition) is 6. The Bertz CT molecular complexity index is 593. The molecule has 6 nitrogen and oxygen atoms in total. The Morgan fingerprint density at radius 1 is 1.30 bits per heavy atom. The second-order valence-corrected chi connectivity index (χ2v) is 4.52. The van der Waals surface area contributed by atoms with Crippen LogP contribution in [-0.2, 0) is 6.54 Å². The molecule has 2 aromatic rings. The highest BCUT2D eigenvalue weighted by Crippen LogP contribution is 2.17. The SMILES string of the molecule is CNc1nc(Cl)nc(N(C)Cc2cccc(OC)c2)n1. The molecule has 0 spiro atoms. The minimum absolute atomic E-state index is 0.164. The molecule has 0 aliphatic heterocycles. The summed E-state index contributed by atoms with van der Waals surface area (Å²) < 4.78 is 5.21. The van der Waals surface area contributed by atoms with Crippen LogP contribution < -0.4 is 15.0 Å². The summed E-state index contributed by atoms with van der Waals surface area (Å²) in [6, 6.07) is 7.84. The van der Waals surface area contributed by atoms with Gasteiger partial charge in [0.15, 0.2) is 0 Å². The first-order valence-electron chi connectivity index (χ1n) is 6.05. The Kier molecular flexibility index (Phi) is 4.57. The van der Waals surface area contributed by atoms with Crippen LogP contribution in [0.4, 0.5) is 11.9 Å². The van der Waals surface area contributed by atoms with Crippen molar-refractivity contribution in [3.8, 4) is 5.75 Å². The molecule has 106 valence electrons. The van der Waals surface area contributed by atoms with E-state index in [4.69, 9.17) is 16.3 Å². The summed E-state index contributed by atoms with van der Waals surface area (Å²) in [5.74, 6) is 1.77. The quantitative estimate of drug-likeness (QED) is 0.912. The van der Waals surface area contributed by atoms with Gasteiger partial charge in [0, 0.05) is 20.6 Å². The maximum Gasteiger partial charge on any atom is 0.231 e. The molecule has 0 radical (unpaired) electrons. The predicted octanol–water partition coefficient (Wildman–Crippen LogP) is 2.21. The number of hydrogen-bond donors (Lipinski definition) is 1. The average Bonchev–Trinajstić information content (AvgIpc) is 2.46. The normalized spacial score (nSPS) is 10.2. The van der Waals surface area contributed by atoms with E-state index in [1.165, 1.54) is 0 Å². The summed E-state index contributed by atoms with van der Waals surface area (Å²) >= 11 is 5.87. The zero-order valence-corrected chi connectivity index (χ0v) is 12.3. The largest absolute Gasteiger partial charge is 0.497 e. The molecule has 0 saturated carbocycles. The summed E-state index contributed by atoms with van der Waals surface area (Å²) in [5.41, 5.74) is 1.09.